The first-order chi connectivity index (χ1) is 32.2. The zero-order valence-corrected chi connectivity index (χ0v) is 36.2. The summed E-state index contributed by atoms with van der Waals surface area (Å²) in [6.07, 6.45) is 6.09. The van der Waals surface area contributed by atoms with E-state index >= 15 is 0 Å². The summed E-state index contributed by atoms with van der Waals surface area (Å²) in [4.78, 5) is 10.8. The molecule has 12 rings (SSSR count). The molecule has 0 bridgehead atoms. The van der Waals surface area contributed by atoms with Crippen LogP contribution in [0, 0.1) is 0 Å². The molecule has 0 saturated carbocycles. The summed E-state index contributed by atoms with van der Waals surface area (Å²) in [5.74, 6) is 1.03. The Balaban J connectivity index is 0.999. The third-order valence-corrected chi connectivity index (χ3v) is 13.7. The van der Waals surface area contributed by atoms with Crippen LogP contribution in [0.5, 0.6) is 0 Å². The van der Waals surface area contributed by atoms with E-state index in [0.29, 0.717) is 5.92 Å². The molecule has 0 amide bonds. The van der Waals surface area contributed by atoms with E-state index in [-0.39, 0.29) is 0 Å². The number of fused-ring (bicyclic) bond motifs is 9. The summed E-state index contributed by atoms with van der Waals surface area (Å²) >= 11 is 0. The van der Waals surface area contributed by atoms with Crippen LogP contribution in [0.2, 0.25) is 0 Å². The Morgan fingerprint density at radius 1 is 0.369 bits per heavy atom. The molecule has 308 valence electrons. The molecular formula is C63H46N2. The van der Waals surface area contributed by atoms with Crippen LogP contribution in [0.25, 0.3) is 71.4 Å². The molecule has 0 aromatic heterocycles. The van der Waals surface area contributed by atoms with Gasteiger partial charge in [0.15, 0.2) is 5.84 Å². The van der Waals surface area contributed by atoms with Gasteiger partial charge in [-0.15, -0.1) is 0 Å². The Hall–Kier alpha value is -7.94. The van der Waals surface area contributed by atoms with Crippen LogP contribution < -0.4 is 0 Å². The van der Waals surface area contributed by atoms with Gasteiger partial charge in [0, 0.05) is 17.0 Å². The molecule has 65 heavy (non-hydrogen) atoms. The molecule has 1 aliphatic carbocycles. The number of allylic oxidation sites excluding steroid dienone is 1. The van der Waals surface area contributed by atoms with E-state index in [1.165, 1.54) is 82.4 Å². The van der Waals surface area contributed by atoms with Crippen LogP contribution in [-0.4, -0.2) is 11.5 Å². The minimum absolute atomic E-state index is 0.296. The van der Waals surface area contributed by atoms with Gasteiger partial charge in [-0.25, -0.2) is 9.98 Å². The number of nitrogens with zero attached hydrogens (tertiary/aromatic N) is 2. The highest BCUT2D eigenvalue weighted by molar-refractivity contribution is 6.28. The quantitative estimate of drug-likeness (QED) is 0.149. The summed E-state index contributed by atoms with van der Waals surface area (Å²) < 4.78 is 0. The first kappa shape index (κ1) is 38.7. The highest BCUT2D eigenvalue weighted by Gasteiger charge is 2.25. The lowest BCUT2D eigenvalue weighted by Crippen LogP contribution is -2.09. The van der Waals surface area contributed by atoms with E-state index in [9.17, 15) is 0 Å². The standard InChI is InChI=1S/C63H46N2/c1-4-16-42(17-5-1)43-30-32-45(33-31-43)51-37-34-44-18-10-11-23-50(44)58-40-48(35-38-54(51)58)49-36-39-56-59(41-49)53-25-13-12-24-52(53)55-26-14-27-57(62(55)56)61-29-15-28-60(46-19-6-2-7-20-46)64-63(65-61)47-21-8-3-9-22-47/h1-14,16-27,29-33,35-36,38-41,51H,15,28,34,37H2/b61-29-,64-60+,65-63-. The van der Waals surface area contributed by atoms with E-state index in [4.69, 9.17) is 9.98 Å². The highest BCUT2D eigenvalue weighted by Crippen LogP contribution is 2.45. The summed E-state index contributed by atoms with van der Waals surface area (Å²) in [6.45, 7) is 0. The van der Waals surface area contributed by atoms with Crippen LogP contribution in [0.3, 0.4) is 0 Å². The molecule has 0 spiro atoms. The molecule has 1 aliphatic heterocycles. The van der Waals surface area contributed by atoms with Gasteiger partial charge in [0.25, 0.3) is 0 Å². The molecular weight excluding hydrogens is 785 g/mol. The minimum atomic E-state index is 0.296. The number of hydrogen-bond donors (Lipinski definition) is 0. The molecule has 2 heteroatoms. The van der Waals surface area contributed by atoms with Crippen molar-refractivity contribution in [1.82, 2.24) is 0 Å². The second kappa shape index (κ2) is 16.6. The van der Waals surface area contributed by atoms with Crippen LogP contribution >= 0.6 is 0 Å². The smallest absolute Gasteiger partial charge is 0.160 e. The predicted molar refractivity (Wildman–Crippen MR) is 275 cm³/mol. The average molecular weight is 831 g/mol. The number of aliphatic imine (C=N–C) groups is 2. The Bertz CT molecular complexity index is 3510. The molecule has 2 aliphatic rings. The molecule has 1 atom stereocenters. The fraction of sp³-hybridized carbons (Fsp3) is 0.0794. The van der Waals surface area contributed by atoms with E-state index in [1.807, 2.05) is 0 Å². The maximum absolute atomic E-state index is 5.46. The molecule has 0 N–H and O–H groups in total. The molecule has 0 fully saturated rings. The second-order valence-corrected chi connectivity index (χ2v) is 17.4. The fourth-order valence-corrected chi connectivity index (χ4v) is 10.5. The molecule has 0 radical (unpaired) electrons. The van der Waals surface area contributed by atoms with Crippen LogP contribution in [-0.2, 0) is 6.42 Å². The molecule has 10 aromatic carbocycles. The first-order valence-corrected chi connectivity index (χ1v) is 23.0. The summed E-state index contributed by atoms with van der Waals surface area (Å²) in [5, 5.41) is 7.42. The van der Waals surface area contributed by atoms with Crippen molar-refractivity contribution in [3.63, 3.8) is 0 Å². The SMILES string of the molecule is C1=C(c2cccc3c4ccccc4c4cc(-c5ccc6c(c5)-c5ccccc5CCC6c5ccc(-c6ccccc6)cc5)ccc4c23)/N=C(c2ccccc2)\N=C(\c2ccccc2)CC\1. The molecule has 0 saturated heterocycles. The number of rotatable bonds is 6. The lowest BCUT2D eigenvalue weighted by atomic mass is 9.83. The van der Waals surface area contributed by atoms with E-state index in [1.54, 1.807) is 0 Å². The van der Waals surface area contributed by atoms with Gasteiger partial charge in [-0.05, 0) is 126 Å². The van der Waals surface area contributed by atoms with Gasteiger partial charge in [0.1, 0.15) is 0 Å². The number of benzene rings is 10. The summed E-state index contributed by atoms with van der Waals surface area (Å²) in [7, 11) is 0. The van der Waals surface area contributed by atoms with Gasteiger partial charge >= 0.3 is 0 Å². The van der Waals surface area contributed by atoms with Gasteiger partial charge in [0.05, 0.1) is 11.4 Å². The molecule has 1 unspecified atom stereocenters. The zero-order chi connectivity index (χ0) is 43.1. The minimum Gasteiger partial charge on any atom is -0.232 e. The van der Waals surface area contributed by atoms with Crippen molar-refractivity contribution in [2.24, 2.45) is 9.98 Å². The number of hydrogen-bond acceptors (Lipinski definition) is 2. The van der Waals surface area contributed by atoms with Crippen molar-refractivity contribution in [2.45, 2.75) is 31.6 Å². The normalized spacial score (nSPS) is 17.4. The average Bonchev–Trinajstić information content (AvgIpc) is 3.54. The number of amidine groups is 1. The highest BCUT2D eigenvalue weighted by atomic mass is 14.9. The van der Waals surface area contributed by atoms with Crippen LogP contribution in [0.1, 0.15) is 58.6 Å². The topological polar surface area (TPSA) is 24.7 Å². The summed E-state index contributed by atoms with van der Waals surface area (Å²) in [5.41, 5.74) is 17.1. The molecule has 10 aromatic rings. The first-order valence-electron chi connectivity index (χ1n) is 23.0. The lowest BCUT2D eigenvalue weighted by Gasteiger charge is -2.20. The van der Waals surface area contributed by atoms with Gasteiger partial charge < -0.3 is 0 Å². The van der Waals surface area contributed by atoms with Gasteiger partial charge in [-0.3, -0.25) is 0 Å². The van der Waals surface area contributed by atoms with E-state index < -0.39 is 0 Å². The van der Waals surface area contributed by atoms with Gasteiger partial charge in [-0.1, -0.05) is 212 Å². The third-order valence-electron chi connectivity index (χ3n) is 13.7. The van der Waals surface area contributed by atoms with E-state index in [0.717, 1.165) is 59.6 Å². The van der Waals surface area contributed by atoms with Crippen molar-refractivity contribution in [1.29, 1.82) is 0 Å². The maximum Gasteiger partial charge on any atom is 0.160 e. The lowest BCUT2D eigenvalue weighted by molar-refractivity contribution is 0.726. The fourth-order valence-electron chi connectivity index (χ4n) is 10.5. The Labute approximate surface area is 380 Å². The van der Waals surface area contributed by atoms with E-state index in [2.05, 4.69) is 224 Å². The monoisotopic (exact) mass is 830 g/mol. The summed E-state index contributed by atoms with van der Waals surface area (Å²) in [6, 6.07) is 79.9. The largest absolute Gasteiger partial charge is 0.232 e. The van der Waals surface area contributed by atoms with Gasteiger partial charge in [-0.2, -0.15) is 0 Å². The number of aryl methyl sites for hydroxylation is 1. The second-order valence-electron chi connectivity index (χ2n) is 17.4. The third kappa shape index (κ3) is 7.18. The van der Waals surface area contributed by atoms with Crippen molar-refractivity contribution >= 4 is 49.6 Å². The van der Waals surface area contributed by atoms with Crippen molar-refractivity contribution in [3.8, 4) is 33.4 Å². The predicted octanol–water partition coefficient (Wildman–Crippen LogP) is 16.3. The van der Waals surface area contributed by atoms with Crippen molar-refractivity contribution < 1.29 is 0 Å². The van der Waals surface area contributed by atoms with Crippen LogP contribution in [0.4, 0.5) is 0 Å². The Morgan fingerprint density at radius 3 is 1.74 bits per heavy atom. The van der Waals surface area contributed by atoms with Gasteiger partial charge in [0.2, 0.25) is 0 Å². The molecule has 1 heterocycles. The van der Waals surface area contributed by atoms with Crippen molar-refractivity contribution in [3.05, 3.63) is 258 Å². The van der Waals surface area contributed by atoms with Crippen molar-refractivity contribution in [2.75, 3.05) is 0 Å². The van der Waals surface area contributed by atoms with Crippen LogP contribution in [0.15, 0.2) is 234 Å². The Morgan fingerprint density at radius 2 is 0.954 bits per heavy atom. The Kier molecular flexibility index (Phi) is 9.91. The maximum atomic E-state index is 5.46. The zero-order valence-electron chi connectivity index (χ0n) is 36.2. The molecule has 2 nitrogen and oxygen atoms in total.